The molecule has 8 heteroatoms. The quantitative estimate of drug-likeness (QED) is 0.444. The maximum Gasteiger partial charge on any atom is 0.225 e. The van der Waals surface area contributed by atoms with Crippen molar-refractivity contribution < 1.29 is 10.2 Å². The number of nitrogens with zero attached hydrogens (tertiary/aromatic N) is 3. The molecule has 0 radical (unpaired) electrons. The standard InChI is InChI=1S/C20H22ClN5O2/c1-12(2)18(11-27)25-20-24-17(13-5-7-22-8-6-13)10-19(26-20)23-16-4-3-14(28)9-15(16)21/h3-10,12,18,27-28H,11H2,1-2H3,(H2,23,24,25,26)/t18-/m1/s1. The molecule has 146 valence electrons. The maximum atomic E-state index is 9.63. The fourth-order valence-corrected chi connectivity index (χ4v) is 2.80. The minimum absolute atomic E-state index is 0.0347. The zero-order valence-corrected chi connectivity index (χ0v) is 16.4. The van der Waals surface area contributed by atoms with Crippen LogP contribution >= 0.6 is 11.6 Å². The van der Waals surface area contributed by atoms with E-state index in [1.54, 1.807) is 30.6 Å². The first-order chi connectivity index (χ1) is 13.5. The molecule has 0 unspecified atom stereocenters. The van der Waals surface area contributed by atoms with Gasteiger partial charge in [0.15, 0.2) is 0 Å². The zero-order chi connectivity index (χ0) is 20.1. The number of phenols is 1. The Morgan fingerprint density at radius 1 is 1.07 bits per heavy atom. The number of halogens is 1. The molecule has 4 N–H and O–H groups in total. The van der Waals surface area contributed by atoms with Gasteiger partial charge in [0.1, 0.15) is 11.6 Å². The number of pyridine rings is 1. The van der Waals surface area contributed by atoms with Crippen molar-refractivity contribution in [1.29, 1.82) is 0 Å². The van der Waals surface area contributed by atoms with Gasteiger partial charge in [-0.2, -0.15) is 4.98 Å². The van der Waals surface area contributed by atoms with Crippen LogP contribution in [-0.2, 0) is 0 Å². The lowest BCUT2D eigenvalue weighted by Crippen LogP contribution is -2.30. The molecule has 28 heavy (non-hydrogen) atoms. The van der Waals surface area contributed by atoms with E-state index < -0.39 is 0 Å². The van der Waals surface area contributed by atoms with E-state index in [2.05, 4.69) is 25.6 Å². The molecule has 0 aliphatic rings. The second-order valence-electron chi connectivity index (χ2n) is 6.66. The third-order valence-corrected chi connectivity index (χ3v) is 4.55. The first kappa shape index (κ1) is 19.9. The summed E-state index contributed by atoms with van der Waals surface area (Å²) in [4.78, 5) is 13.1. The first-order valence-corrected chi connectivity index (χ1v) is 9.26. The second kappa shape index (κ2) is 8.86. The lowest BCUT2D eigenvalue weighted by molar-refractivity contribution is 0.248. The summed E-state index contributed by atoms with van der Waals surface area (Å²) >= 11 is 6.20. The molecule has 0 spiro atoms. The van der Waals surface area contributed by atoms with Gasteiger partial charge < -0.3 is 20.8 Å². The summed E-state index contributed by atoms with van der Waals surface area (Å²) in [5.41, 5.74) is 2.18. The van der Waals surface area contributed by atoms with Crippen LogP contribution in [0, 0.1) is 5.92 Å². The monoisotopic (exact) mass is 399 g/mol. The topological polar surface area (TPSA) is 103 Å². The van der Waals surface area contributed by atoms with Crippen LogP contribution in [0.1, 0.15) is 13.8 Å². The Bertz CT molecular complexity index is 937. The van der Waals surface area contributed by atoms with Crippen molar-refractivity contribution in [3.63, 3.8) is 0 Å². The van der Waals surface area contributed by atoms with Crippen molar-refractivity contribution in [2.45, 2.75) is 19.9 Å². The summed E-state index contributed by atoms with van der Waals surface area (Å²) in [6, 6.07) is 9.99. The average Bonchev–Trinajstić information content (AvgIpc) is 2.68. The van der Waals surface area contributed by atoms with E-state index >= 15 is 0 Å². The van der Waals surface area contributed by atoms with Gasteiger partial charge in [-0.05, 0) is 30.2 Å². The number of rotatable bonds is 7. The molecule has 3 rings (SSSR count). The van der Waals surface area contributed by atoms with Gasteiger partial charge in [-0.15, -0.1) is 0 Å². The molecule has 0 aliphatic heterocycles. The van der Waals surface area contributed by atoms with E-state index in [1.807, 2.05) is 26.0 Å². The Kier molecular flexibility index (Phi) is 6.28. The van der Waals surface area contributed by atoms with E-state index in [4.69, 9.17) is 11.6 Å². The molecule has 0 saturated carbocycles. The van der Waals surface area contributed by atoms with E-state index in [0.717, 1.165) is 5.56 Å². The summed E-state index contributed by atoms with van der Waals surface area (Å²) < 4.78 is 0. The normalized spacial score (nSPS) is 12.0. The van der Waals surface area contributed by atoms with Crippen molar-refractivity contribution in [3.05, 3.63) is 53.8 Å². The predicted molar refractivity (Wildman–Crippen MR) is 111 cm³/mol. The first-order valence-electron chi connectivity index (χ1n) is 8.88. The van der Waals surface area contributed by atoms with Gasteiger partial charge in [-0.1, -0.05) is 25.4 Å². The molecule has 7 nitrogen and oxygen atoms in total. The van der Waals surface area contributed by atoms with Crippen LogP contribution in [0.2, 0.25) is 5.02 Å². The van der Waals surface area contributed by atoms with Gasteiger partial charge >= 0.3 is 0 Å². The molecule has 3 aromatic rings. The lowest BCUT2D eigenvalue weighted by Gasteiger charge is -2.21. The minimum Gasteiger partial charge on any atom is -0.508 e. The highest BCUT2D eigenvalue weighted by atomic mass is 35.5. The van der Waals surface area contributed by atoms with Crippen LogP contribution in [0.5, 0.6) is 5.75 Å². The Balaban J connectivity index is 1.99. The van der Waals surface area contributed by atoms with E-state index in [1.165, 1.54) is 6.07 Å². The highest BCUT2D eigenvalue weighted by molar-refractivity contribution is 6.33. The van der Waals surface area contributed by atoms with Crippen LogP contribution in [-0.4, -0.2) is 37.8 Å². The largest absolute Gasteiger partial charge is 0.508 e. The van der Waals surface area contributed by atoms with Crippen LogP contribution in [0.25, 0.3) is 11.3 Å². The molecule has 1 aromatic carbocycles. The Labute approximate surface area is 168 Å². The summed E-state index contributed by atoms with van der Waals surface area (Å²) in [6.45, 7) is 3.99. The van der Waals surface area contributed by atoms with Crippen molar-refractivity contribution in [2.75, 3.05) is 17.2 Å². The van der Waals surface area contributed by atoms with Gasteiger partial charge in [0, 0.05) is 30.1 Å². The fourth-order valence-electron chi connectivity index (χ4n) is 2.58. The number of aliphatic hydroxyl groups is 1. The SMILES string of the molecule is CC(C)[C@@H](CO)Nc1nc(Nc2ccc(O)cc2Cl)cc(-c2ccncc2)n1. The van der Waals surface area contributed by atoms with Gasteiger partial charge in [0.2, 0.25) is 5.95 Å². The maximum absolute atomic E-state index is 9.63. The molecule has 2 aromatic heterocycles. The summed E-state index contributed by atoms with van der Waals surface area (Å²) in [5.74, 6) is 1.19. The number of hydrogen-bond acceptors (Lipinski definition) is 7. The molecule has 0 fully saturated rings. The Morgan fingerprint density at radius 3 is 2.46 bits per heavy atom. The highest BCUT2D eigenvalue weighted by Crippen LogP contribution is 2.30. The summed E-state index contributed by atoms with van der Waals surface area (Å²) in [7, 11) is 0. The molecule has 1 atom stereocenters. The van der Waals surface area contributed by atoms with Crippen molar-refractivity contribution in [2.24, 2.45) is 5.92 Å². The van der Waals surface area contributed by atoms with E-state index in [-0.39, 0.29) is 24.3 Å². The Hall–Kier alpha value is -2.90. The van der Waals surface area contributed by atoms with Crippen molar-refractivity contribution >= 4 is 29.1 Å². The number of nitrogens with one attached hydrogen (secondary N) is 2. The molecular formula is C20H22ClN5O2. The number of phenolic OH excluding ortho intramolecular Hbond substituents is 1. The lowest BCUT2D eigenvalue weighted by atomic mass is 10.1. The van der Waals surface area contributed by atoms with Gasteiger partial charge in [-0.25, -0.2) is 4.98 Å². The number of benzene rings is 1. The van der Waals surface area contributed by atoms with Crippen molar-refractivity contribution in [3.8, 4) is 17.0 Å². The number of hydrogen-bond donors (Lipinski definition) is 4. The van der Waals surface area contributed by atoms with E-state index in [0.29, 0.717) is 28.2 Å². The van der Waals surface area contributed by atoms with Crippen LogP contribution in [0.3, 0.4) is 0 Å². The van der Waals surface area contributed by atoms with Crippen molar-refractivity contribution in [1.82, 2.24) is 15.0 Å². The van der Waals surface area contributed by atoms with Gasteiger partial charge in [0.05, 0.1) is 29.1 Å². The molecular weight excluding hydrogens is 378 g/mol. The van der Waals surface area contributed by atoms with Gasteiger partial charge in [0.25, 0.3) is 0 Å². The van der Waals surface area contributed by atoms with Crippen LogP contribution < -0.4 is 10.6 Å². The second-order valence-corrected chi connectivity index (χ2v) is 7.07. The predicted octanol–water partition coefficient (Wildman–Crippen LogP) is 4.07. The number of aromatic hydroxyl groups is 1. The zero-order valence-electron chi connectivity index (χ0n) is 15.6. The highest BCUT2D eigenvalue weighted by Gasteiger charge is 2.15. The summed E-state index contributed by atoms with van der Waals surface area (Å²) in [6.07, 6.45) is 3.39. The number of aromatic nitrogens is 3. The molecule has 0 aliphatic carbocycles. The van der Waals surface area contributed by atoms with E-state index in [9.17, 15) is 10.2 Å². The molecule has 0 amide bonds. The smallest absolute Gasteiger partial charge is 0.225 e. The fraction of sp³-hybridized carbons (Fsp3) is 0.250. The molecule has 0 saturated heterocycles. The van der Waals surface area contributed by atoms with Crippen LogP contribution in [0.4, 0.5) is 17.5 Å². The minimum atomic E-state index is -0.183. The number of aliphatic hydroxyl groups excluding tert-OH is 1. The molecule has 0 bridgehead atoms. The Morgan fingerprint density at radius 2 is 1.82 bits per heavy atom. The number of anilines is 3. The van der Waals surface area contributed by atoms with Crippen LogP contribution in [0.15, 0.2) is 48.8 Å². The van der Waals surface area contributed by atoms with Gasteiger partial charge in [-0.3, -0.25) is 4.98 Å². The summed E-state index contributed by atoms with van der Waals surface area (Å²) in [5, 5.41) is 25.9. The average molecular weight is 400 g/mol. The molecule has 2 heterocycles. The third kappa shape index (κ3) is 4.88. The third-order valence-electron chi connectivity index (χ3n) is 4.23.